The molecule has 1 aromatic heterocycles. The van der Waals surface area contributed by atoms with Gasteiger partial charge in [0.1, 0.15) is 5.82 Å². The third kappa shape index (κ3) is 3.00. The summed E-state index contributed by atoms with van der Waals surface area (Å²) in [5, 5.41) is 0. The Hall–Kier alpha value is -0.280. The van der Waals surface area contributed by atoms with Gasteiger partial charge in [-0.05, 0) is 39.8 Å². The van der Waals surface area contributed by atoms with Gasteiger partial charge in [-0.15, -0.1) is 11.6 Å². The fourth-order valence-corrected chi connectivity index (χ4v) is 3.09. The molecule has 0 radical (unpaired) electrons. The summed E-state index contributed by atoms with van der Waals surface area (Å²) in [4.78, 5) is 6.92. The Morgan fingerprint density at radius 2 is 2.22 bits per heavy atom. The van der Waals surface area contributed by atoms with E-state index in [9.17, 15) is 0 Å². The van der Waals surface area contributed by atoms with Crippen molar-refractivity contribution in [3.63, 3.8) is 0 Å². The lowest BCUT2D eigenvalue weighted by atomic mass is 9.80. The molecule has 0 bridgehead atoms. The summed E-state index contributed by atoms with van der Waals surface area (Å²) in [6.45, 7) is 9.12. The van der Waals surface area contributed by atoms with Crippen LogP contribution >= 0.6 is 27.5 Å². The Morgan fingerprint density at radius 3 is 2.78 bits per heavy atom. The second-order valence-corrected chi connectivity index (χ2v) is 7.25. The minimum atomic E-state index is 0.366. The SMILES string of the molecule is CC(C)(C)C1CCN(c2ncc(Br)cc2CCl)C1. The highest BCUT2D eigenvalue weighted by atomic mass is 79.9. The van der Waals surface area contributed by atoms with Gasteiger partial charge in [0.25, 0.3) is 0 Å². The van der Waals surface area contributed by atoms with Crippen molar-refractivity contribution in [2.75, 3.05) is 18.0 Å². The lowest BCUT2D eigenvalue weighted by Crippen LogP contribution is -2.27. The van der Waals surface area contributed by atoms with E-state index in [0.29, 0.717) is 11.3 Å². The van der Waals surface area contributed by atoms with E-state index in [-0.39, 0.29) is 0 Å². The molecule has 1 aromatic rings. The predicted octanol–water partition coefficient (Wildman–Crippen LogP) is 4.46. The van der Waals surface area contributed by atoms with Crippen LogP contribution in [0.2, 0.25) is 0 Å². The average molecular weight is 332 g/mol. The van der Waals surface area contributed by atoms with Gasteiger partial charge < -0.3 is 4.90 Å². The van der Waals surface area contributed by atoms with E-state index in [2.05, 4.69) is 52.7 Å². The largest absolute Gasteiger partial charge is 0.356 e. The summed E-state index contributed by atoms with van der Waals surface area (Å²) in [5.74, 6) is 2.30. The molecule has 1 saturated heterocycles. The summed E-state index contributed by atoms with van der Waals surface area (Å²) in [5.41, 5.74) is 1.48. The zero-order valence-electron chi connectivity index (χ0n) is 11.2. The van der Waals surface area contributed by atoms with E-state index in [1.165, 1.54) is 6.42 Å². The number of hydrogen-bond acceptors (Lipinski definition) is 2. The fraction of sp³-hybridized carbons (Fsp3) is 0.643. The van der Waals surface area contributed by atoms with Crippen molar-refractivity contribution in [2.45, 2.75) is 33.1 Å². The molecule has 2 nitrogen and oxygen atoms in total. The normalized spacial score (nSPS) is 20.5. The van der Waals surface area contributed by atoms with Crippen LogP contribution in [0.1, 0.15) is 32.8 Å². The van der Waals surface area contributed by atoms with Crippen LogP contribution in [0.25, 0.3) is 0 Å². The Labute approximate surface area is 123 Å². The molecule has 2 heterocycles. The maximum absolute atomic E-state index is 6.02. The van der Waals surface area contributed by atoms with Gasteiger partial charge in [0, 0.05) is 29.3 Å². The van der Waals surface area contributed by atoms with Crippen molar-refractivity contribution in [1.82, 2.24) is 4.98 Å². The van der Waals surface area contributed by atoms with E-state index >= 15 is 0 Å². The molecule has 0 aromatic carbocycles. The van der Waals surface area contributed by atoms with Crippen LogP contribution in [0.3, 0.4) is 0 Å². The highest BCUT2D eigenvalue weighted by molar-refractivity contribution is 9.10. The molecule has 2 rings (SSSR count). The Morgan fingerprint density at radius 1 is 1.50 bits per heavy atom. The molecular weight excluding hydrogens is 312 g/mol. The minimum absolute atomic E-state index is 0.366. The van der Waals surface area contributed by atoms with Gasteiger partial charge in [0.2, 0.25) is 0 Å². The van der Waals surface area contributed by atoms with E-state index in [1.54, 1.807) is 0 Å². The van der Waals surface area contributed by atoms with Crippen LogP contribution in [0.15, 0.2) is 16.7 Å². The van der Waals surface area contributed by atoms with E-state index in [4.69, 9.17) is 11.6 Å². The molecule has 1 unspecified atom stereocenters. The van der Waals surface area contributed by atoms with Crippen LogP contribution in [0, 0.1) is 11.3 Å². The molecule has 1 fully saturated rings. The van der Waals surface area contributed by atoms with Gasteiger partial charge in [0.15, 0.2) is 0 Å². The molecule has 0 spiro atoms. The number of anilines is 1. The Bertz CT molecular complexity index is 428. The van der Waals surface area contributed by atoms with Crippen LogP contribution in [0.4, 0.5) is 5.82 Å². The van der Waals surface area contributed by atoms with Crippen molar-refractivity contribution < 1.29 is 0 Å². The van der Waals surface area contributed by atoms with Crippen molar-refractivity contribution in [3.8, 4) is 0 Å². The van der Waals surface area contributed by atoms with Crippen molar-refractivity contribution in [3.05, 3.63) is 22.3 Å². The molecule has 1 atom stereocenters. The first-order valence-corrected chi connectivity index (χ1v) is 7.70. The van der Waals surface area contributed by atoms with Crippen molar-refractivity contribution in [2.24, 2.45) is 11.3 Å². The van der Waals surface area contributed by atoms with Crippen molar-refractivity contribution >= 4 is 33.3 Å². The Balaban J connectivity index is 2.19. The van der Waals surface area contributed by atoms with Gasteiger partial charge in [-0.3, -0.25) is 0 Å². The smallest absolute Gasteiger partial charge is 0.133 e. The summed E-state index contributed by atoms with van der Waals surface area (Å²) in [6, 6.07) is 2.07. The monoisotopic (exact) mass is 330 g/mol. The third-order valence-electron chi connectivity index (χ3n) is 3.77. The zero-order valence-corrected chi connectivity index (χ0v) is 13.6. The number of aromatic nitrogens is 1. The molecule has 4 heteroatoms. The van der Waals surface area contributed by atoms with Crippen LogP contribution < -0.4 is 4.90 Å². The minimum Gasteiger partial charge on any atom is -0.356 e. The molecule has 18 heavy (non-hydrogen) atoms. The second-order valence-electron chi connectivity index (χ2n) is 6.07. The number of rotatable bonds is 2. The highest BCUT2D eigenvalue weighted by Gasteiger charge is 2.32. The molecule has 100 valence electrons. The summed E-state index contributed by atoms with van der Waals surface area (Å²) in [7, 11) is 0. The summed E-state index contributed by atoms with van der Waals surface area (Å²) < 4.78 is 0.994. The maximum atomic E-state index is 6.02. The molecule has 0 N–H and O–H groups in total. The second kappa shape index (κ2) is 5.38. The number of pyridine rings is 1. The quantitative estimate of drug-likeness (QED) is 0.744. The molecule has 0 amide bonds. The van der Waals surface area contributed by atoms with Crippen LogP contribution in [-0.4, -0.2) is 18.1 Å². The lowest BCUT2D eigenvalue weighted by molar-refractivity contribution is 0.263. The van der Waals surface area contributed by atoms with E-state index in [0.717, 1.165) is 34.9 Å². The number of hydrogen-bond donors (Lipinski definition) is 0. The first-order valence-electron chi connectivity index (χ1n) is 6.37. The third-order valence-corrected chi connectivity index (χ3v) is 4.49. The average Bonchev–Trinajstić information content (AvgIpc) is 2.77. The molecule has 1 aliphatic heterocycles. The number of nitrogens with zero attached hydrogens (tertiary/aromatic N) is 2. The van der Waals surface area contributed by atoms with E-state index < -0.39 is 0 Å². The maximum Gasteiger partial charge on any atom is 0.133 e. The van der Waals surface area contributed by atoms with E-state index in [1.807, 2.05) is 6.20 Å². The molecule has 0 aliphatic carbocycles. The standard InChI is InChI=1S/C14H20BrClN2/c1-14(2,3)11-4-5-18(9-11)13-10(7-16)6-12(15)8-17-13/h6,8,11H,4-5,7,9H2,1-3H3. The lowest BCUT2D eigenvalue weighted by Gasteiger charge is -2.27. The number of alkyl halides is 1. The fourth-order valence-electron chi connectivity index (χ4n) is 2.52. The van der Waals surface area contributed by atoms with Gasteiger partial charge in [-0.1, -0.05) is 20.8 Å². The summed E-state index contributed by atoms with van der Waals surface area (Å²) in [6.07, 6.45) is 3.10. The number of halogens is 2. The topological polar surface area (TPSA) is 16.1 Å². The van der Waals surface area contributed by atoms with Crippen LogP contribution in [0.5, 0.6) is 0 Å². The van der Waals surface area contributed by atoms with Gasteiger partial charge in [-0.25, -0.2) is 4.98 Å². The van der Waals surface area contributed by atoms with Gasteiger partial charge >= 0.3 is 0 Å². The molecule has 0 saturated carbocycles. The molecule has 1 aliphatic rings. The summed E-state index contributed by atoms with van der Waals surface area (Å²) >= 11 is 9.47. The highest BCUT2D eigenvalue weighted by Crippen LogP contribution is 2.36. The first-order chi connectivity index (χ1) is 8.41. The van der Waals surface area contributed by atoms with Gasteiger partial charge in [-0.2, -0.15) is 0 Å². The first kappa shape index (κ1) is 14.1. The van der Waals surface area contributed by atoms with Crippen molar-refractivity contribution in [1.29, 1.82) is 0 Å². The van der Waals surface area contributed by atoms with Crippen LogP contribution in [-0.2, 0) is 5.88 Å². The zero-order chi connectivity index (χ0) is 13.3. The molecular formula is C14H20BrClN2. The predicted molar refractivity (Wildman–Crippen MR) is 81.3 cm³/mol. The Kier molecular flexibility index (Phi) is 4.22. The van der Waals surface area contributed by atoms with Gasteiger partial charge in [0.05, 0.1) is 5.88 Å².